The summed E-state index contributed by atoms with van der Waals surface area (Å²) >= 11 is 3.50. The van der Waals surface area contributed by atoms with Crippen LogP contribution in [0.4, 0.5) is 5.69 Å². The lowest BCUT2D eigenvalue weighted by Crippen LogP contribution is -1.83. The number of hydrogen-bond acceptors (Lipinski definition) is 4. The number of nitrogens with two attached hydrogens (primary N) is 1. The molecule has 0 aliphatic heterocycles. The molecule has 2 aromatic rings. The standard InChI is InChI=1S/C11H12N2S2/c1-8-6-15-11(13-8)7-14-10-4-2-9(12)3-5-10/h2-6H,7,12H2,1H3. The van der Waals surface area contributed by atoms with Gasteiger partial charge in [0.1, 0.15) is 5.01 Å². The Morgan fingerprint density at radius 1 is 1.33 bits per heavy atom. The fourth-order valence-electron chi connectivity index (χ4n) is 1.18. The number of nitrogens with zero attached hydrogens (tertiary/aromatic N) is 1. The Kier molecular flexibility index (Phi) is 3.28. The van der Waals surface area contributed by atoms with Crippen LogP contribution < -0.4 is 5.73 Å². The minimum absolute atomic E-state index is 0.810. The van der Waals surface area contributed by atoms with E-state index in [-0.39, 0.29) is 0 Å². The second kappa shape index (κ2) is 4.68. The lowest BCUT2D eigenvalue weighted by Gasteiger charge is -1.99. The SMILES string of the molecule is Cc1csc(CSc2ccc(N)cc2)n1. The highest BCUT2D eigenvalue weighted by atomic mass is 32.2. The smallest absolute Gasteiger partial charge is 0.103 e. The molecule has 0 aliphatic rings. The van der Waals surface area contributed by atoms with Crippen molar-refractivity contribution in [3.63, 3.8) is 0 Å². The van der Waals surface area contributed by atoms with Crippen molar-refractivity contribution in [1.82, 2.24) is 4.98 Å². The van der Waals surface area contributed by atoms with Crippen LogP contribution in [0.25, 0.3) is 0 Å². The number of aryl methyl sites for hydroxylation is 1. The van der Waals surface area contributed by atoms with E-state index in [1.54, 1.807) is 23.1 Å². The Hall–Kier alpha value is -1.00. The Labute approximate surface area is 97.5 Å². The summed E-state index contributed by atoms with van der Waals surface area (Å²) in [6.45, 7) is 2.02. The van der Waals surface area contributed by atoms with Crippen LogP contribution in [0.15, 0.2) is 34.5 Å². The van der Waals surface area contributed by atoms with Crippen LogP contribution in [0, 0.1) is 6.92 Å². The number of anilines is 1. The van der Waals surface area contributed by atoms with Crippen LogP contribution >= 0.6 is 23.1 Å². The van der Waals surface area contributed by atoms with Gasteiger partial charge in [0.15, 0.2) is 0 Å². The normalized spacial score (nSPS) is 10.5. The third-order valence-electron chi connectivity index (χ3n) is 1.91. The molecule has 1 aromatic carbocycles. The lowest BCUT2D eigenvalue weighted by molar-refractivity contribution is 1.18. The minimum Gasteiger partial charge on any atom is -0.399 e. The van der Waals surface area contributed by atoms with Crippen molar-refractivity contribution in [1.29, 1.82) is 0 Å². The number of rotatable bonds is 3. The second-order valence-corrected chi connectivity index (χ2v) is 5.23. The van der Waals surface area contributed by atoms with E-state index >= 15 is 0 Å². The highest BCUT2D eigenvalue weighted by Crippen LogP contribution is 2.24. The molecular formula is C11H12N2S2. The van der Waals surface area contributed by atoms with Gasteiger partial charge in [0.05, 0.1) is 5.75 Å². The number of benzene rings is 1. The van der Waals surface area contributed by atoms with Crippen molar-refractivity contribution in [2.24, 2.45) is 0 Å². The van der Waals surface area contributed by atoms with Gasteiger partial charge in [-0.05, 0) is 31.2 Å². The molecular weight excluding hydrogens is 224 g/mol. The summed E-state index contributed by atoms with van der Waals surface area (Å²) in [5, 5.41) is 3.26. The first-order valence-corrected chi connectivity index (χ1v) is 6.50. The average Bonchev–Trinajstić information content (AvgIpc) is 2.64. The number of aromatic nitrogens is 1. The molecule has 1 heterocycles. The van der Waals surface area contributed by atoms with E-state index in [2.05, 4.69) is 10.4 Å². The molecule has 0 fully saturated rings. The molecule has 0 spiro atoms. The largest absolute Gasteiger partial charge is 0.399 e. The molecule has 0 radical (unpaired) electrons. The molecule has 4 heteroatoms. The quantitative estimate of drug-likeness (QED) is 0.656. The Bertz CT molecular complexity index is 434. The Morgan fingerprint density at radius 3 is 2.67 bits per heavy atom. The van der Waals surface area contributed by atoms with Crippen molar-refractivity contribution < 1.29 is 0 Å². The van der Waals surface area contributed by atoms with Crippen molar-refractivity contribution in [2.75, 3.05) is 5.73 Å². The van der Waals surface area contributed by atoms with Gasteiger partial charge in [-0.2, -0.15) is 0 Å². The molecule has 0 saturated heterocycles. The first-order chi connectivity index (χ1) is 7.24. The van der Waals surface area contributed by atoms with Crippen LogP contribution in [0.3, 0.4) is 0 Å². The fourth-order valence-corrected chi connectivity index (χ4v) is 2.87. The fraction of sp³-hybridized carbons (Fsp3) is 0.182. The van der Waals surface area contributed by atoms with Crippen LogP contribution in [-0.2, 0) is 5.75 Å². The van der Waals surface area contributed by atoms with Gasteiger partial charge in [-0.1, -0.05) is 0 Å². The molecule has 0 unspecified atom stereocenters. The second-order valence-electron chi connectivity index (χ2n) is 3.24. The summed E-state index contributed by atoms with van der Waals surface area (Å²) in [6, 6.07) is 7.94. The third-order valence-corrected chi connectivity index (χ3v) is 4.08. The molecule has 2 N–H and O–H groups in total. The average molecular weight is 236 g/mol. The molecule has 0 aliphatic carbocycles. The predicted octanol–water partition coefficient (Wildman–Crippen LogP) is 3.33. The van der Waals surface area contributed by atoms with E-state index in [4.69, 9.17) is 5.73 Å². The maximum atomic E-state index is 5.62. The molecule has 0 amide bonds. The van der Waals surface area contributed by atoms with Crippen LogP contribution in [0.1, 0.15) is 10.7 Å². The van der Waals surface area contributed by atoms with Gasteiger partial charge in [0.25, 0.3) is 0 Å². The molecule has 78 valence electrons. The van der Waals surface area contributed by atoms with E-state index in [0.29, 0.717) is 0 Å². The maximum Gasteiger partial charge on any atom is 0.103 e. The van der Waals surface area contributed by atoms with E-state index in [1.165, 1.54) is 9.90 Å². The van der Waals surface area contributed by atoms with Gasteiger partial charge in [-0.3, -0.25) is 0 Å². The van der Waals surface area contributed by atoms with Gasteiger partial charge < -0.3 is 5.73 Å². The topological polar surface area (TPSA) is 38.9 Å². The van der Waals surface area contributed by atoms with E-state index < -0.39 is 0 Å². The summed E-state index contributed by atoms with van der Waals surface area (Å²) in [5.41, 5.74) is 7.53. The molecule has 2 nitrogen and oxygen atoms in total. The van der Waals surface area contributed by atoms with E-state index in [9.17, 15) is 0 Å². The summed E-state index contributed by atoms with van der Waals surface area (Å²) in [6.07, 6.45) is 0. The number of hydrogen-bond donors (Lipinski definition) is 1. The third kappa shape index (κ3) is 2.97. The summed E-state index contributed by atoms with van der Waals surface area (Å²) in [5.74, 6) is 0.933. The molecule has 0 atom stereocenters. The van der Waals surface area contributed by atoms with Gasteiger partial charge in [-0.25, -0.2) is 4.98 Å². The van der Waals surface area contributed by atoms with Crippen LogP contribution in [-0.4, -0.2) is 4.98 Å². The van der Waals surface area contributed by atoms with Crippen molar-refractivity contribution in [2.45, 2.75) is 17.6 Å². The number of thioether (sulfide) groups is 1. The van der Waals surface area contributed by atoms with Gasteiger partial charge in [0, 0.05) is 21.7 Å². The summed E-state index contributed by atoms with van der Waals surface area (Å²) in [4.78, 5) is 5.65. The number of thiazole rings is 1. The number of nitrogen functional groups attached to an aromatic ring is 1. The monoisotopic (exact) mass is 236 g/mol. The molecule has 0 saturated carbocycles. The summed E-state index contributed by atoms with van der Waals surface area (Å²) < 4.78 is 0. The predicted molar refractivity (Wildman–Crippen MR) is 67.3 cm³/mol. The van der Waals surface area contributed by atoms with Crippen LogP contribution in [0.2, 0.25) is 0 Å². The first kappa shape index (κ1) is 10.5. The van der Waals surface area contributed by atoms with Gasteiger partial charge >= 0.3 is 0 Å². The van der Waals surface area contributed by atoms with Crippen molar-refractivity contribution in [3.05, 3.63) is 40.3 Å². The van der Waals surface area contributed by atoms with E-state index in [0.717, 1.165) is 17.1 Å². The van der Waals surface area contributed by atoms with E-state index in [1.807, 2.05) is 31.2 Å². The molecule has 0 bridgehead atoms. The maximum absolute atomic E-state index is 5.62. The van der Waals surface area contributed by atoms with Crippen LogP contribution in [0.5, 0.6) is 0 Å². The Balaban J connectivity index is 1.96. The zero-order valence-corrected chi connectivity index (χ0v) is 10.1. The Morgan fingerprint density at radius 2 is 2.07 bits per heavy atom. The highest BCUT2D eigenvalue weighted by Gasteiger charge is 2.00. The highest BCUT2D eigenvalue weighted by molar-refractivity contribution is 7.98. The van der Waals surface area contributed by atoms with Gasteiger partial charge in [0.2, 0.25) is 0 Å². The lowest BCUT2D eigenvalue weighted by atomic mass is 10.3. The van der Waals surface area contributed by atoms with Crippen molar-refractivity contribution >= 4 is 28.8 Å². The zero-order valence-electron chi connectivity index (χ0n) is 8.43. The molecule has 1 aromatic heterocycles. The minimum atomic E-state index is 0.810. The molecule has 15 heavy (non-hydrogen) atoms. The first-order valence-electron chi connectivity index (χ1n) is 4.63. The molecule has 2 rings (SSSR count). The summed E-state index contributed by atoms with van der Waals surface area (Å²) in [7, 11) is 0. The zero-order chi connectivity index (χ0) is 10.7. The van der Waals surface area contributed by atoms with Gasteiger partial charge in [-0.15, -0.1) is 23.1 Å². The van der Waals surface area contributed by atoms with Crippen molar-refractivity contribution in [3.8, 4) is 0 Å².